The van der Waals surface area contributed by atoms with E-state index < -0.39 is 0 Å². The molecule has 16 heavy (non-hydrogen) atoms. The summed E-state index contributed by atoms with van der Waals surface area (Å²) in [4.78, 5) is 13.5. The molecule has 0 radical (unpaired) electrons. The van der Waals surface area contributed by atoms with Crippen LogP contribution >= 0.6 is 11.3 Å². The van der Waals surface area contributed by atoms with Gasteiger partial charge in [-0.2, -0.15) is 0 Å². The molecule has 0 amide bonds. The van der Waals surface area contributed by atoms with E-state index in [2.05, 4.69) is 17.5 Å². The van der Waals surface area contributed by atoms with E-state index in [9.17, 15) is 4.79 Å². The first kappa shape index (κ1) is 9.79. The van der Waals surface area contributed by atoms with Crippen LogP contribution in [-0.4, -0.2) is 5.78 Å². The van der Waals surface area contributed by atoms with Crippen LogP contribution in [-0.2, 0) is 0 Å². The summed E-state index contributed by atoms with van der Waals surface area (Å²) in [7, 11) is 0. The molecule has 0 spiro atoms. The number of carbonyl (C=O) groups excluding carboxylic acids is 1. The number of rotatable bonds is 3. The Hall–Kier alpha value is -1.41. The van der Waals surface area contributed by atoms with Crippen molar-refractivity contribution in [3.05, 3.63) is 58.3 Å². The lowest BCUT2D eigenvalue weighted by Gasteiger charge is -1.98. The van der Waals surface area contributed by atoms with Gasteiger partial charge in [-0.05, 0) is 17.9 Å². The van der Waals surface area contributed by atoms with Gasteiger partial charge in [0, 0.05) is 22.3 Å². The third-order valence-electron chi connectivity index (χ3n) is 3.09. The highest BCUT2D eigenvalue weighted by Crippen LogP contribution is 2.50. The van der Waals surface area contributed by atoms with Gasteiger partial charge in [-0.1, -0.05) is 36.4 Å². The number of benzene rings is 1. The molecule has 80 valence electrons. The Morgan fingerprint density at radius 2 is 1.94 bits per heavy atom. The van der Waals surface area contributed by atoms with Crippen LogP contribution in [0.2, 0.25) is 0 Å². The molecule has 0 aliphatic heterocycles. The fourth-order valence-corrected chi connectivity index (χ4v) is 3.02. The quantitative estimate of drug-likeness (QED) is 0.731. The third kappa shape index (κ3) is 1.69. The lowest BCUT2D eigenvalue weighted by atomic mass is 10.1. The van der Waals surface area contributed by atoms with Crippen LogP contribution in [0, 0.1) is 5.92 Å². The number of carbonyl (C=O) groups is 1. The Morgan fingerprint density at radius 1 is 1.12 bits per heavy atom. The first-order valence-electron chi connectivity index (χ1n) is 5.49. The molecule has 1 heterocycles. The molecule has 2 unspecified atom stereocenters. The van der Waals surface area contributed by atoms with Gasteiger partial charge >= 0.3 is 0 Å². The number of hydrogen-bond donors (Lipinski definition) is 0. The van der Waals surface area contributed by atoms with Gasteiger partial charge in [0.25, 0.3) is 0 Å². The molecule has 2 atom stereocenters. The van der Waals surface area contributed by atoms with E-state index >= 15 is 0 Å². The van der Waals surface area contributed by atoms with E-state index in [4.69, 9.17) is 0 Å². The van der Waals surface area contributed by atoms with Crippen molar-refractivity contribution in [3.8, 4) is 0 Å². The van der Waals surface area contributed by atoms with Gasteiger partial charge < -0.3 is 0 Å². The zero-order valence-electron chi connectivity index (χ0n) is 8.80. The molecule has 1 fully saturated rings. The molecule has 1 saturated carbocycles. The molecule has 0 N–H and O–H groups in total. The minimum atomic E-state index is 0.223. The van der Waals surface area contributed by atoms with Gasteiger partial charge in [-0.15, -0.1) is 11.3 Å². The highest BCUT2D eigenvalue weighted by molar-refractivity contribution is 7.10. The highest BCUT2D eigenvalue weighted by Gasteiger charge is 2.44. The van der Waals surface area contributed by atoms with Crippen LogP contribution in [0.4, 0.5) is 0 Å². The average molecular weight is 228 g/mol. The Bertz CT molecular complexity index is 487. The number of thiophene rings is 1. The van der Waals surface area contributed by atoms with Gasteiger partial charge in [-0.3, -0.25) is 4.79 Å². The summed E-state index contributed by atoms with van der Waals surface area (Å²) in [6.45, 7) is 0. The first-order chi connectivity index (χ1) is 7.86. The van der Waals surface area contributed by atoms with Crippen molar-refractivity contribution >= 4 is 17.1 Å². The standard InChI is InChI=1S/C14H12OS/c15-14(10-5-2-1-3-6-10)12-9-11(12)13-7-4-8-16-13/h1-8,11-12H,9H2. The van der Waals surface area contributed by atoms with Gasteiger partial charge in [0.1, 0.15) is 0 Å². The molecular formula is C14H12OS. The second kappa shape index (κ2) is 3.87. The maximum Gasteiger partial charge on any atom is 0.166 e. The Balaban J connectivity index is 1.76. The maximum atomic E-state index is 12.1. The summed E-state index contributed by atoms with van der Waals surface area (Å²) < 4.78 is 0. The fraction of sp³-hybridized carbons (Fsp3) is 0.214. The van der Waals surface area contributed by atoms with Gasteiger partial charge in [0.15, 0.2) is 5.78 Å². The highest BCUT2D eigenvalue weighted by atomic mass is 32.1. The predicted octanol–water partition coefficient (Wildman–Crippen LogP) is 3.73. The summed E-state index contributed by atoms with van der Waals surface area (Å²) in [5.41, 5.74) is 0.853. The first-order valence-corrected chi connectivity index (χ1v) is 6.37. The van der Waals surface area contributed by atoms with Crippen LogP contribution in [0.25, 0.3) is 0 Å². The van der Waals surface area contributed by atoms with Crippen LogP contribution in [0.5, 0.6) is 0 Å². The zero-order valence-corrected chi connectivity index (χ0v) is 9.61. The molecule has 3 rings (SSSR count). The smallest absolute Gasteiger partial charge is 0.166 e. The van der Waals surface area contributed by atoms with Gasteiger partial charge in [0.05, 0.1) is 0 Å². The van der Waals surface area contributed by atoms with E-state index in [1.54, 1.807) is 11.3 Å². The average Bonchev–Trinajstić information content (AvgIpc) is 2.95. The minimum absolute atomic E-state index is 0.223. The van der Waals surface area contributed by atoms with E-state index in [-0.39, 0.29) is 5.92 Å². The van der Waals surface area contributed by atoms with Crippen molar-refractivity contribution in [1.82, 2.24) is 0 Å². The molecule has 1 aromatic heterocycles. The topological polar surface area (TPSA) is 17.1 Å². The van der Waals surface area contributed by atoms with E-state index in [1.165, 1.54) is 4.88 Å². The normalized spacial score (nSPS) is 23.0. The molecule has 0 bridgehead atoms. The second-order valence-electron chi connectivity index (χ2n) is 4.19. The summed E-state index contributed by atoms with van der Waals surface area (Å²) in [5, 5.41) is 2.08. The molecule has 2 aromatic rings. The van der Waals surface area contributed by atoms with Crippen molar-refractivity contribution in [3.63, 3.8) is 0 Å². The summed E-state index contributed by atoms with van der Waals surface area (Å²) >= 11 is 1.76. The predicted molar refractivity (Wildman–Crippen MR) is 65.9 cm³/mol. The molecule has 0 saturated heterocycles. The van der Waals surface area contributed by atoms with Crippen LogP contribution in [0.15, 0.2) is 47.8 Å². The summed E-state index contributed by atoms with van der Waals surface area (Å²) in [5.74, 6) is 1.01. The van der Waals surface area contributed by atoms with Crippen LogP contribution in [0.3, 0.4) is 0 Å². The molecule has 2 heteroatoms. The van der Waals surface area contributed by atoms with Crippen LogP contribution in [0.1, 0.15) is 27.6 Å². The van der Waals surface area contributed by atoms with Crippen molar-refractivity contribution in [2.75, 3.05) is 0 Å². The Kier molecular flexibility index (Phi) is 2.37. The van der Waals surface area contributed by atoms with Gasteiger partial charge in [0.2, 0.25) is 0 Å². The monoisotopic (exact) mass is 228 g/mol. The fourth-order valence-electron chi connectivity index (χ4n) is 2.12. The minimum Gasteiger partial charge on any atom is -0.294 e. The number of hydrogen-bond acceptors (Lipinski definition) is 2. The van der Waals surface area contributed by atoms with Crippen molar-refractivity contribution in [2.24, 2.45) is 5.92 Å². The maximum absolute atomic E-state index is 12.1. The van der Waals surface area contributed by atoms with Gasteiger partial charge in [-0.25, -0.2) is 0 Å². The molecule has 1 nitrogen and oxygen atoms in total. The molecule has 1 aliphatic carbocycles. The second-order valence-corrected chi connectivity index (χ2v) is 5.17. The Morgan fingerprint density at radius 3 is 2.62 bits per heavy atom. The van der Waals surface area contributed by atoms with E-state index in [0.717, 1.165) is 12.0 Å². The van der Waals surface area contributed by atoms with Crippen molar-refractivity contribution in [2.45, 2.75) is 12.3 Å². The Labute approximate surface area is 98.7 Å². The lowest BCUT2D eigenvalue weighted by Crippen LogP contribution is -2.02. The van der Waals surface area contributed by atoms with E-state index in [0.29, 0.717) is 11.7 Å². The largest absolute Gasteiger partial charge is 0.294 e. The number of Topliss-reactive ketones (excluding diaryl/α,β-unsaturated/α-hetero) is 1. The zero-order chi connectivity index (χ0) is 11.0. The SMILES string of the molecule is O=C(c1ccccc1)C1CC1c1cccs1. The van der Waals surface area contributed by atoms with Crippen LogP contribution < -0.4 is 0 Å². The third-order valence-corrected chi connectivity index (χ3v) is 4.10. The number of ketones is 1. The van der Waals surface area contributed by atoms with Crippen molar-refractivity contribution < 1.29 is 4.79 Å². The van der Waals surface area contributed by atoms with E-state index in [1.807, 2.05) is 30.3 Å². The molecule has 1 aromatic carbocycles. The summed E-state index contributed by atoms with van der Waals surface area (Å²) in [6, 6.07) is 13.8. The summed E-state index contributed by atoms with van der Waals surface area (Å²) in [6.07, 6.45) is 1.02. The lowest BCUT2D eigenvalue weighted by molar-refractivity contribution is 0.0965. The van der Waals surface area contributed by atoms with Crippen molar-refractivity contribution in [1.29, 1.82) is 0 Å². The molecule has 1 aliphatic rings. The molecular weight excluding hydrogens is 216 g/mol.